The van der Waals surface area contributed by atoms with Crippen LogP contribution in [0, 0.1) is 11.6 Å². The summed E-state index contributed by atoms with van der Waals surface area (Å²) in [6, 6.07) is 3.60. The van der Waals surface area contributed by atoms with Crippen LogP contribution in [0.15, 0.2) is 18.2 Å². The van der Waals surface area contributed by atoms with Gasteiger partial charge < -0.3 is 10.5 Å². The van der Waals surface area contributed by atoms with E-state index in [1.807, 2.05) is 0 Å². The number of amides is 1. The summed E-state index contributed by atoms with van der Waals surface area (Å²) in [6.07, 6.45) is -1.02. The van der Waals surface area contributed by atoms with Crippen molar-refractivity contribution in [1.29, 1.82) is 0 Å². The highest BCUT2D eigenvalue weighted by Crippen LogP contribution is 2.11. The number of halogens is 2. The van der Waals surface area contributed by atoms with Crippen molar-refractivity contribution < 1.29 is 18.3 Å². The Bertz CT molecular complexity index is 328. The first kappa shape index (κ1) is 9.44. The molecule has 0 atom stereocenters. The molecule has 0 aliphatic heterocycles. The van der Waals surface area contributed by atoms with Gasteiger partial charge in [-0.1, -0.05) is 12.1 Å². The van der Waals surface area contributed by atoms with Crippen molar-refractivity contribution in [2.75, 3.05) is 0 Å². The Balaban J connectivity index is 2.77. The van der Waals surface area contributed by atoms with Crippen LogP contribution in [0.5, 0.6) is 0 Å². The molecule has 1 amide bonds. The highest BCUT2D eigenvalue weighted by Gasteiger charge is 2.08. The molecule has 2 N–H and O–H groups in total. The van der Waals surface area contributed by atoms with E-state index in [0.29, 0.717) is 0 Å². The van der Waals surface area contributed by atoms with E-state index in [2.05, 4.69) is 10.5 Å². The van der Waals surface area contributed by atoms with Crippen LogP contribution >= 0.6 is 0 Å². The van der Waals surface area contributed by atoms with Gasteiger partial charge in [0.1, 0.15) is 6.61 Å². The summed E-state index contributed by atoms with van der Waals surface area (Å²) in [7, 11) is 0. The van der Waals surface area contributed by atoms with Gasteiger partial charge in [0.05, 0.1) is 0 Å². The average Bonchev–Trinajstić information content (AvgIpc) is 2.07. The van der Waals surface area contributed by atoms with Crippen molar-refractivity contribution >= 4 is 6.09 Å². The van der Waals surface area contributed by atoms with E-state index >= 15 is 0 Å². The molecule has 0 heterocycles. The largest absolute Gasteiger partial charge is 0.445 e. The van der Waals surface area contributed by atoms with Gasteiger partial charge >= 0.3 is 6.09 Å². The minimum Gasteiger partial charge on any atom is -0.445 e. The SMILES string of the molecule is NC(=O)OCc1cccc(F)c1F. The minimum atomic E-state index is -1.02. The fourth-order valence-electron chi connectivity index (χ4n) is 0.809. The van der Waals surface area contributed by atoms with Gasteiger partial charge in [-0.3, -0.25) is 0 Å². The molecule has 1 rings (SSSR count). The van der Waals surface area contributed by atoms with Crippen molar-refractivity contribution in [3.05, 3.63) is 35.4 Å². The molecule has 0 radical (unpaired) electrons. The molecule has 0 fully saturated rings. The quantitative estimate of drug-likeness (QED) is 0.763. The molecule has 0 unspecified atom stereocenters. The number of carbonyl (C=O) groups is 1. The lowest BCUT2D eigenvalue weighted by Crippen LogP contribution is -2.13. The topological polar surface area (TPSA) is 52.3 Å². The number of hydrogen-bond donors (Lipinski definition) is 1. The van der Waals surface area contributed by atoms with Gasteiger partial charge in [0, 0.05) is 5.56 Å². The lowest BCUT2D eigenvalue weighted by Gasteiger charge is -2.02. The number of primary amides is 1. The van der Waals surface area contributed by atoms with Crippen LogP contribution in [-0.2, 0) is 11.3 Å². The molecule has 13 heavy (non-hydrogen) atoms. The van der Waals surface area contributed by atoms with Crippen LogP contribution in [0.3, 0.4) is 0 Å². The molecule has 3 nitrogen and oxygen atoms in total. The molecule has 5 heteroatoms. The normalized spacial score (nSPS) is 9.69. The van der Waals surface area contributed by atoms with E-state index in [1.54, 1.807) is 0 Å². The number of nitrogens with two attached hydrogens (primary N) is 1. The average molecular weight is 187 g/mol. The van der Waals surface area contributed by atoms with E-state index in [-0.39, 0.29) is 12.2 Å². The molecule has 0 aliphatic carbocycles. The van der Waals surface area contributed by atoms with Gasteiger partial charge in [-0.05, 0) is 6.07 Å². The molecular formula is C8H7F2NO2. The summed E-state index contributed by atoms with van der Waals surface area (Å²) in [6.45, 7) is -0.362. The summed E-state index contributed by atoms with van der Waals surface area (Å²) in [4.78, 5) is 10.2. The zero-order valence-electron chi connectivity index (χ0n) is 6.59. The predicted octanol–water partition coefficient (Wildman–Crippen LogP) is 1.56. The maximum absolute atomic E-state index is 12.8. The first-order chi connectivity index (χ1) is 6.11. The van der Waals surface area contributed by atoms with Crippen molar-refractivity contribution in [2.24, 2.45) is 5.73 Å². The van der Waals surface area contributed by atoms with E-state index in [0.717, 1.165) is 6.07 Å². The minimum absolute atomic E-state index is 0.0428. The molecule has 0 spiro atoms. The number of hydrogen-bond acceptors (Lipinski definition) is 2. The Hall–Kier alpha value is -1.65. The van der Waals surface area contributed by atoms with Crippen molar-refractivity contribution in [2.45, 2.75) is 6.61 Å². The molecule has 1 aromatic rings. The zero-order valence-corrected chi connectivity index (χ0v) is 6.59. The van der Waals surface area contributed by atoms with Gasteiger partial charge in [-0.25, -0.2) is 13.6 Å². The molecule has 0 aliphatic rings. The van der Waals surface area contributed by atoms with Gasteiger partial charge in [-0.2, -0.15) is 0 Å². The number of carbonyl (C=O) groups excluding carboxylic acids is 1. The second-order valence-electron chi connectivity index (χ2n) is 2.32. The Morgan fingerprint density at radius 3 is 2.77 bits per heavy atom. The lowest BCUT2D eigenvalue weighted by atomic mass is 10.2. The van der Waals surface area contributed by atoms with Gasteiger partial charge in [0.15, 0.2) is 11.6 Å². The predicted molar refractivity (Wildman–Crippen MR) is 40.7 cm³/mol. The van der Waals surface area contributed by atoms with E-state index < -0.39 is 17.7 Å². The van der Waals surface area contributed by atoms with Crippen LogP contribution in [0.25, 0.3) is 0 Å². The summed E-state index contributed by atoms with van der Waals surface area (Å²) >= 11 is 0. The first-order valence-corrected chi connectivity index (χ1v) is 3.46. The fraction of sp³-hybridized carbons (Fsp3) is 0.125. The van der Waals surface area contributed by atoms with Crippen molar-refractivity contribution in [3.63, 3.8) is 0 Å². The maximum atomic E-state index is 12.8. The van der Waals surface area contributed by atoms with Gasteiger partial charge in [-0.15, -0.1) is 0 Å². The highest BCUT2D eigenvalue weighted by molar-refractivity contribution is 5.64. The van der Waals surface area contributed by atoms with E-state index in [9.17, 15) is 13.6 Å². The van der Waals surface area contributed by atoms with Crippen LogP contribution < -0.4 is 5.73 Å². The molecule has 0 aromatic heterocycles. The van der Waals surface area contributed by atoms with Crippen molar-refractivity contribution in [1.82, 2.24) is 0 Å². The second kappa shape index (κ2) is 3.84. The molecular weight excluding hydrogens is 180 g/mol. The van der Waals surface area contributed by atoms with Crippen LogP contribution in [0.4, 0.5) is 13.6 Å². The van der Waals surface area contributed by atoms with Gasteiger partial charge in [0.25, 0.3) is 0 Å². The lowest BCUT2D eigenvalue weighted by molar-refractivity contribution is 0.148. The molecule has 0 bridgehead atoms. The Morgan fingerprint density at radius 2 is 2.15 bits per heavy atom. The van der Waals surface area contributed by atoms with Gasteiger partial charge in [0.2, 0.25) is 0 Å². The third-order valence-electron chi connectivity index (χ3n) is 1.40. The third-order valence-corrected chi connectivity index (χ3v) is 1.40. The molecule has 0 saturated carbocycles. The number of benzene rings is 1. The van der Waals surface area contributed by atoms with Crippen LogP contribution in [0.1, 0.15) is 5.56 Å². The fourth-order valence-corrected chi connectivity index (χ4v) is 0.809. The summed E-state index contributed by atoms with van der Waals surface area (Å²) in [5.41, 5.74) is 4.61. The summed E-state index contributed by atoms with van der Waals surface area (Å²) in [5.74, 6) is -2.01. The molecule has 70 valence electrons. The maximum Gasteiger partial charge on any atom is 0.404 e. The Labute approximate surface area is 73.1 Å². The highest BCUT2D eigenvalue weighted by atomic mass is 19.2. The summed E-state index contributed by atoms with van der Waals surface area (Å²) in [5, 5.41) is 0. The molecule has 0 saturated heterocycles. The van der Waals surface area contributed by atoms with Crippen LogP contribution in [-0.4, -0.2) is 6.09 Å². The number of ether oxygens (including phenoxy) is 1. The smallest absolute Gasteiger partial charge is 0.404 e. The molecule has 1 aromatic carbocycles. The summed E-state index contributed by atoms with van der Waals surface area (Å²) < 4.78 is 29.7. The van der Waals surface area contributed by atoms with E-state index in [4.69, 9.17) is 0 Å². The standard InChI is InChI=1S/C8H7F2NO2/c9-6-3-1-2-5(7(6)10)4-13-8(11)12/h1-3H,4H2,(H2,11,12). The third kappa shape index (κ3) is 2.40. The van der Waals surface area contributed by atoms with E-state index in [1.165, 1.54) is 12.1 Å². The number of rotatable bonds is 2. The Kier molecular flexibility index (Phi) is 2.79. The first-order valence-electron chi connectivity index (χ1n) is 3.46. The second-order valence-corrected chi connectivity index (χ2v) is 2.32. The monoisotopic (exact) mass is 187 g/mol. The zero-order chi connectivity index (χ0) is 9.84. The van der Waals surface area contributed by atoms with Crippen molar-refractivity contribution in [3.8, 4) is 0 Å². The Morgan fingerprint density at radius 1 is 1.46 bits per heavy atom. The van der Waals surface area contributed by atoms with Crippen LogP contribution in [0.2, 0.25) is 0 Å².